The van der Waals surface area contributed by atoms with Gasteiger partial charge in [0.15, 0.2) is 23.3 Å². The van der Waals surface area contributed by atoms with Gasteiger partial charge < -0.3 is 0 Å². The standard InChI is InChI=1S/C17H12F4/c1-3-5-11-6-7-13(17(21)16(11)20)12-8-10(4-2)15(19)14(18)9-12/h2,6-9H,3,5H2,1H3. The zero-order valence-electron chi connectivity index (χ0n) is 11.3. The lowest BCUT2D eigenvalue weighted by molar-refractivity contribution is 0.498. The maximum absolute atomic E-state index is 14.1. The molecule has 0 spiro atoms. The highest BCUT2D eigenvalue weighted by atomic mass is 19.2. The molecule has 0 aliphatic rings. The first-order valence-corrected chi connectivity index (χ1v) is 6.42. The Balaban J connectivity index is 2.61. The third-order valence-corrected chi connectivity index (χ3v) is 3.18. The third-order valence-electron chi connectivity index (χ3n) is 3.18. The molecule has 0 amide bonds. The van der Waals surface area contributed by atoms with E-state index in [9.17, 15) is 17.6 Å². The Hall–Kier alpha value is -2.28. The second kappa shape index (κ2) is 6.01. The SMILES string of the molecule is C#Cc1cc(-c2ccc(CCC)c(F)c2F)cc(F)c1F. The predicted octanol–water partition coefficient (Wildman–Crippen LogP) is 4.84. The molecule has 0 heterocycles. The summed E-state index contributed by atoms with van der Waals surface area (Å²) in [6.45, 7) is 1.85. The lowest BCUT2D eigenvalue weighted by Crippen LogP contribution is -1.98. The van der Waals surface area contributed by atoms with Crippen molar-refractivity contribution < 1.29 is 17.6 Å². The zero-order chi connectivity index (χ0) is 15.6. The fourth-order valence-electron chi connectivity index (χ4n) is 2.12. The first-order valence-electron chi connectivity index (χ1n) is 6.42. The molecule has 0 N–H and O–H groups in total. The van der Waals surface area contributed by atoms with Crippen molar-refractivity contribution in [3.8, 4) is 23.5 Å². The Morgan fingerprint density at radius 3 is 2.33 bits per heavy atom. The van der Waals surface area contributed by atoms with E-state index in [2.05, 4.69) is 0 Å². The Bertz CT molecular complexity index is 727. The molecule has 0 bridgehead atoms. The molecule has 0 saturated carbocycles. The Kier molecular flexibility index (Phi) is 4.32. The van der Waals surface area contributed by atoms with Crippen LogP contribution in [0.15, 0.2) is 24.3 Å². The minimum absolute atomic E-state index is 0.00120. The lowest BCUT2D eigenvalue weighted by atomic mass is 9.99. The average Bonchev–Trinajstić information content (AvgIpc) is 2.47. The molecule has 0 atom stereocenters. The molecule has 0 unspecified atom stereocenters. The number of hydrogen-bond acceptors (Lipinski definition) is 0. The monoisotopic (exact) mass is 292 g/mol. The summed E-state index contributed by atoms with van der Waals surface area (Å²) in [7, 11) is 0. The van der Waals surface area contributed by atoms with Gasteiger partial charge in [-0.2, -0.15) is 0 Å². The number of benzene rings is 2. The van der Waals surface area contributed by atoms with Gasteiger partial charge in [0.25, 0.3) is 0 Å². The van der Waals surface area contributed by atoms with E-state index >= 15 is 0 Å². The van der Waals surface area contributed by atoms with E-state index in [0.29, 0.717) is 12.8 Å². The summed E-state index contributed by atoms with van der Waals surface area (Å²) in [5, 5.41) is 0. The quantitative estimate of drug-likeness (QED) is 0.560. The molecule has 0 aliphatic carbocycles. The minimum atomic E-state index is -1.20. The highest BCUT2D eigenvalue weighted by Gasteiger charge is 2.17. The minimum Gasteiger partial charge on any atom is -0.204 e. The van der Waals surface area contributed by atoms with Crippen LogP contribution in [0.25, 0.3) is 11.1 Å². The summed E-state index contributed by atoms with van der Waals surface area (Å²) >= 11 is 0. The molecule has 0 aromatic heterocycles. The predicted molar refractivity (Wildman–Crippen MR) is 73.6 cm³/mol. The Morgan fingerprint density at radius 1 is 1.00 bits per heavy atom. The van der Waals surface area contributed by atoms with E-state index in [0.717, 1.165) is 12.1 Å². The lowest BCUT2D eigenvalue weighted by Gasteiger charge is -2.09. The third kappa shape index (κ3) is 2.78. The second-order valence-electron chi connectivity index (χ2n) is 4.61. The number of rotatable bonds is 3. The fraction of sp³-hybridized carbons (Fsp3) is 0.176. The van der Waals surface area contributed by atoms with Gasteiger partial charge in [-0.1, -0.05) is 31.4 Å². The number of terminal acetylenes is 1. The van der Waals surface area contributed by atoms with E-state index in [1.54, 1.807) is 0 Å². The van der Waals surface area contributed by atoms with E-state index < -0.39 is 23.3 Å². The van der Waals surface area contributed by atoms with Gasteiger partial charge in [0, 0.05) is 5.56 Å². The van der Waals surface area contributed by atoms with Crippen LogP contribution < -0.4 is 0 Å². The number of halogens is 4. The smallest absolute Gasteiger partial charge is 0.174 e. The van der Waals surface area contributed by atoms with Crippen LogP contribution in [0, 0.1) is 35.6 Å². The maximum atomic E-state index is 14.1. The van der Waals surface area contributed by atoms with Crippen molar-refractivity contribution in [3.05, 3.63) is 58.7 Å². The molecule has 0 radical (unpaired) electrons. The normalized spacial score (nSPS) is 10.5. The van der Waals surface area contributed by atoms with E-state index in [-0.39, 0.29) is 22.3 Å². The van der Waals surface area contributed by atoms with Crippen LogP contribution in [0.4, 0.5) is 17.6 Å². The number of hydrogen-bond donors (Lipinski definition) is 0. The highest BCUT2D eigenvalue weighted by molar-refractivity contribution is 5.67. The summed E-state index contributed by atoms with van der Waals surface area (Å²) in [4.78, 5) is 0. The molecule has 108 valence electrons. The van der Waals surface area contributed by atoms with Crippen LogP contribution >= 0.6 is 0 Å². The highest BCUT2D eigenvalue weighted by Crippen LogP contribution is 2.29. The summed E-state index contributed by atoms with van der Waals surface area (Å²) in [5.74, 6) is -2.45. The van der Waals surface area contributed by atoms with Crippen molar-refractivity contribution in [2.24, 2.45) is 0 Å². The van der Waals surface area contributed by atoms with Crippen LogP contribution in [0.1, 0.15) is 24.5 Å². The fourth-order valence-corrected chi connectivity index (χ4v) is 2.12. The van der Waals surface area contributed by atoms with Gasteiger partial charge in [-0.3, -0.25) is 0 Å². The summed E-state index contributed by atoms with van der Waals surface area (Å²) in [5.41, 5.74) is -0.231. The molecule has 2 aromatic carbocycles. The van der Waals surface area contributed by atoms with Gasteiger partial charge in [0.2, 0.25) is 0 Å². The molecule has 21 heavy (non-hydrogen) atoms. The van der Waals surface area contributed by atoms with Crippen molar-refractivity contribution in [2.45, 2.75) is 19.8 Å². The second-order valence-corrected chi connectivity index (χ2v) is 4.61. The average molecular weight is 292 g/mol. The van der Waals surface area contributed by atoms with Gasteiger partial charge in [0.1, 0.15) is 0 Å². The van der Waals surface area contributed by atoms with Crippen LogP contribution in [0.3, 0.4) is 0 Å². The van der Waals surface area contributed by atoms with Crippen LogP contribution in [-0.2, 0) is 6.42 Å². The van der Waals surface area contributed by atoms with Gasteiger partial charge in [-0.05, 0) is 29.7 Å². The molecule has 2 rings (SSSR count). The molecule has 4 heteroatoms. The first kappa shape index (κ1) is 15.1. The molecular formula is C17H12F4. The summed E-state index contributed by atoms with van der Waals surface area (Å²) < 4.78 is 54.8. The van der Waals surface area contributed by atoms with Crippen molar-refractivity contribution in [1.82, 2.24) is 0 Å². The molecule has 0 saturated heterocycles. The van der Waals surface area contributed by atoms with E-state index in [1.165, 1.54) is 12.1 Å². The zero-order valence-corrected chi connectivity index (χ0v) is 11.3. The van der Waals surface area contributed by atoms with E-state index in [4.69, 9.17) is 6.42 Å². The van der Waals surface area contributed by atoms with Crippen molar-refractivity contribution >= 4 is 0 Å². The van der Waals surface area contributed by atoms with Gasteiger partial charge in [-0.15, -0.1) is 6.42 Å². The topological polar surface area (TPSA) is 0 Å². The van der Waals surface area contributed by atoms with Gasteiger partial charge >= 0.3 is 0 Å². The number of aryl methyl sites for hydroxylation is 1. The molecule has 0 nitrogen and oxygen atoms in total. The largest absolute Gasteiger partial charge is 0.204 e. The van der Waals surface area contributed by atoms with Gasteiger partial charge in [-0.25, -0.2) is 17.6 Å². The van der Waals surface area contributed by atoms with Crippen molar-refractivity contribution in [1.29, 1.82) is 0 Å². The maximum Gasteiger partial charge on any atom is 0.174 e. The van der Waals surface area contributed by atoms with Crippen molar-refractivity contribution in [2.75, 3.05) is 0 Å². The molecular weight excluding hydrogens is 280 g/mol. The van der Waals surface area contributed by atoms with Crippen molar-refractivity contribution in [3.63, 3.8) is 0 Å². The Morgan fingerprint density at radius 2 is 1.71 bits per heavy atom. The van der Waals surface area contributed by atoms with Gasteiger partial charge in [0.05, 0.1) is 5.56 Å². The molecule has 2 aromatic rings. The summed E-state index contributed by atoms with van der Waals surface area (Å²) in [6.07, 6.45) is 6.14. The van der Waals surface area contributed by atoms with Crippen LogP contribution in [-0.4, -0.2) is 0 Å². The van der Waals surface area contributed by atoms with E-state index in [1.807, 2.05) is 12.8 Å². The van der Waals surface area contributed by atoms with Crippen LogP contribution in [0.5, 0.6) is 0 Å². The Labute approximate surface area is 120 Å². The first-order chi connectivity index (χ1) is 9.99. The molecule has 0 fully saturated rings. The summed E-state index contributed by atoms with van der Waals surface area (Å²) in [6, 6.07) is 4.70. The molecule has 0 aliphatic heterocycles. The van der Waals surface area contributed by atoms with Crippen LogP contribution in [0.2, 0.25) is 0 Å².